The largest absolute Gasteiger partial charge is 0.480 e. The van der Waals surface area contributed by atoms with Crippen LogP contribution in [0.4, 0.5) is 5.69 Å². The molecule has 1 rings (SSSR count). The van der Waals surface area contributed by atoms with Gasteiger partial charge in [0.2, 0.25) is 0 Å². The third kappa shape index (κ3) is 3.01. The molecule has 0 amide bonds. The SMILES string of the molecule is CCC(Nc1c(Cl)cccc1Cl)C(=O)O. The molecule has 0 fully saturated rings. The van der Waals surface area contributed by atoms with E-state index in [1.165, 1.54) is 0 Å². The summed E-state index contributed by atoms with van der Waals surface area (Å²) < 4.78 is 0. The van der Waals surface area contributed by atoms with Gasteiger partial charge in [0.25, 0.3) is 0 Å². The Morgan fingerprint density at radius 2 is 2.00 bits per heavy atom. The molecule has 0 bridgehead atoms. The van der Waals surface area contributed by atoms with Crippen molar-refractivity contribution in [2.45, 2.75) is 19.4 Å². The highest BCUT2D eigenvalue weighted by Gasteiger charge is 2.17. The molecule has 1 aromatic rings. The highest BCUT2D eigenvalue weighted by atomic mass is 35.5. The van der Waals surface area contributed by atoms with Crippen LogP contribution in [0.25, 0.3) is 0 Å². The van der Waals surface area contributed by atoms with Crippen LogP contribution in [0.2, 0.25) is 10.0 Å². The second-order valence-electron chi connectivity index (χ2n) is 3.04. The summed E-state index contributed by atoms with van der Waals surface area (Å²) in [4.78, 5) is 10.8. The third-order valence-corrected chi connectivity index (χ3v) is 2.62. The minimum atomic E-state index is -0.923. The molecule has 0 spiro atoms. The minimum Gasteiger partial charge on any atom is -0.480 e. The Morgan fingerprint density at radius 3 is 2.40 bits per heavy atom. The van der Waals surface area contributed by atoms with E-state index in [0.29, 0.717) is 22.2 Å². The number of hydrogen-bond donors (Lipinski definition) is 2. The number of benzene rings is 1. The van der Waals surface area contributed by atoms with Crippen LogP contribution in [0.3, 0.4) is 0 Å². The monoisotopic (exact) mass is 247 g/mol. The zero-order valence-electron chi connectivity index (χ0n) is 8.13. The Hall–Kier alpha value is -0.930. The third-order valence-electron chi connectivity index (χ3n) is 1.99. The first-order chi connectivity index (χ1) is 7.06. The van der Waals surface area contributed by atoms with Crippen LogP contribution in [0, 0.1) is 0 Å². The number of aliphatic carboxylic acids is 1. The normalized spacial score (nSPS) is 12.2. The first-order valence-corrected chi connectivity index (χ1v) is 5.25. The predicted octanol–water partition coefficient (Wildman–Crippen LogP) is 3.27. The molecular weight excluding hydrogens is 237 g/mol. The van der Waals surface area contributed by atoms with E-state index in [2.05, 4.69) is 5.32 Å². The molecule has 0 aliphatic heterocycles. The van der Waals surface area contributed by atoms with Crippen molar-refractivity contribution >= 4 is 34.9 Å². The van der Waals surface area contributed by atoms with Gasteiger partial charge in [0.1, 0.15) is 6.04 Å². The molecule has 0 saturated carbocycles. The minimum absolute atomic E-state index is 0.419. The molecule has 2 N–H and O–H groups in total. The van der Waals surface area contributed by atoms with Gasteiger partial charge in [-0.3, -0.25) is 0 Å². The van der Waals surface area contributed by atoms with Gasteiger partial charge in [-0.15, -0.1) is 0 Å². The molecule has 1 aromatic carbocycles. The molecule has 1 unspecified atom stereocenters. The predicted molar refractivity (Wildman–Crippen MR) is 61.8 cm³/mol. The van der Waals surface area contributed by atoms with Crippen molar-refractivity contribution in [3.05, 3.63) is 28.2 Å². The zero-order valence-corrected chi connectivity index (χ0v) is 9.64. The molecular formula is C10H11Cl2NO2. The topological polar surface area (TPSA) is 49.3 Å². The lowest BCUT2D eigenvalue weighted by Gasteiger charge is -2.15. The molecule has 82 valence electrons. The van der Waals surface area contributed by atoms with Crippen molar-refractivity contribution in [1.82, 2.24) is 0 Å². The number of carbonyl (C=O) groups is 1. The number of halogens is 2. The average molecular weight is 248 g/mol. The van der Waals surface area contributed by atoms with Crippen LogP contribution >= 0.6 is 23.2 Å². The fourth-order valence-corrected chi connectivity index (χ4v) is 1.65. The summed E-state index contributed by atoms with van der Waals surface area (Å²) in [6.07, 6.45) is 0.455. The van der Waals surface area contributed by atoms with Crippen LogP contribution < -0.4 is 5.32 Å². The fourth-order valence-electron chi connectivity index (χ4n) is 1.15. The average Bonchev–Trinajstić information content (AvgIpc) is 2.17. The number of carboxylic acid groups (broad SMARTS) is 1. The van der Waals surface area contributed by atoms with E-state index in [-0.39, 0.29) is 0 Å². The number of hydrogen-bond acceptors (Lipinski definition) is 2. The lowest BCUT2D eigenvalue weighted by Crippen LogP contribution is -2.28. The van der Waals surface area contributed by atoms with E-state index < -0.39 is 12.0 Å². The second-order valence-corrected chi connectivity index (χ2v) is 3.85. The number of rotatable bonds is 4. The molecule has 0 aliphatic rings. The maximum absolute atomic E-state index is 10.8. The molecule has 0 saturated heterocycles. The summed E-state index contributed by atoms with van der Waals surface area (Å²) in [5.74, 6) is -0.923. The van der Waals surface area contributed by atoms with Crippen LogP contribution in [0.15, 0.2) is 18.2 Å². The summed E-state index contributed by atoms with van der Waals surface area (Å²) in [6, 6.07) is 4.34. The Morgan fingerprint density at radius 1 is 1.47 bits per heavy atom. The first kappa shape index (κ1) is 12.1. The van der Waals surface area contributed by atoms with Gasteiger partial charge in [0, 0.05) is 0 Å². The van der Waals surface area contributed by atoms with Gasteiger partial charge in [-0.1, -0.05) is 36.2 Å². The van der Waals surface area contributed by atoms with Crippen molar-refractivity contribution in [3.63, 3.8) is 0 Å². The molecule has 5 heteroatoms. The molecule has 0 aromatic heterocycles. The lowest BCUT2D eigenvalue weighted by molar-refractivity contribution is -0.137. The van der Waals surface area contributed by atoms with Crippen LogP contribution in [0.5, 0.6) is 0 Å². The van der Waals surface area contributed by atoms with E-state index in [4.69, 9.17) is 28.3 Å². The maximum Gasteiger partial charge on any atom is 0.326 e. The van der Waals surface area contributed by atoms with Crippen molar-refractivity contribution in [2.24, 2.45) is 0 Å². The Labute approximate surface area is 98.0 Å². The van der Waals surface area contributed by atoms with Gasteiger partial charge in [-0.2, -0.15) is 0 Å². The van der Waals surface area contributed by atoms with E-state index in [0.717, 1.165) is 0 Å². The van der Waals surface area contributed by atoms with E-state index in [9.17, 15) is 4.79 Å². The first-order valence-electron chi connectivity index (χ1n) is 4.49. The quantitative estimate of drug-likeness (QED) is 0.859. The summed E-state index contributed by atoms with van der Waals surface area (Å²) in [5.41, 5.74) is 0.468. The number of para-hydroxylation sites is 1. The van der Waals surface area contributed by atoms with Crippen molar-refractivity contribution in [2.75, 3.05) is 5.32 Å². The molecule has 15 heavy (non-hydrogen) atoms. The smallest absolute Gasteiger partial charge is 0.326 e. The Bertz CT molecular complexity index is 348. The highest BCUT2D eigenvalue weighted by Crippen LogP contribution is 2.30. The van der Waals surface area contributed by atoms with Crippen LogP contribution in [-0.2, 0) is 4.79 Å². The van der Waals surface area contributed by atoms with Gasteiger partial charge >= 0.3 is 5.97 Å². The Kier molecular flexibility index (Phi) is 4.24. The maximum atomic E-state index is 10.8. The van der Waals surface area contributed by atoms with E-state index in [1.54, 1.807) is 25.1 Å². The van der Waals surface area contributed by atoms with Gasteiger partial charge < -0.3 is 10.4 Å². The molecule has 0 heterocycles. The van der Waals surface area contributed by atoms with Crippen LogP contribution in [0.1, 0.15) is 13.3 Å². The number of carboxylic acids is 1. The van der Waals surface area contributed by atoms with Crippen molar-refractivity contribution in [3.8, 4) is 0 Å². The molecule has 0 aliphatic carbocycles. The summed E-state index contributed by atoms with van der Waals surface area (Å²) in [6.45, 7) is 1.77. The van der Waals surface area contributed by atoms with Crippen molar-refractivity contribution < 1.29 is 9.90 Å². The van der Waals surface area contributed by atoms with Gasteiger partial charge in [0.15, 0.2) is 0 Å². The standard InChI is InChI=1S/C10H11Cl2NO2/c1-2-8(10(14)15)13-9-6(11)4-3-5-7(9)12/h3-5,8,13H,2H2,1H3,(H,14,15). The van der Waals surface area contributed by atoms with E-state index >= 15 is 0 Å². The summed E-state index contributed by atoms with van der Waals surface area (Å²) in [7, 11) is 0. The summed E-state index contributed by atoms with van der Waals surface area (Å²) >= 11 is 11.8. The molecule has 0 radical (unpaired) electrons. The van der Waals surface area contributed by atoms with Gasteiger partial charge in [-0.25, -0.2) is 4.79 Å². The van der Waals surface area contributed by atoms with Gasteiger partial charge in [-0.05, 0) is 18.6 Å². The fraction of sp³-hybridized carbons (Fsp3) is 0.300. The van der Waals surface area contributed by atoms with Gasteiger partial charge in [0.05, 0.1) is 15.7 Å². The second kappa shape index (κ2) is 5.24. The van der Waals surface area contributed by atoms with E-state index in [1.807, 2.05) is 0 Å². The number of anilines is 1. The lowest BCUT2D eigenvalue weighted by atomic mass is 10.2. The zero-order chi connectivity index (χ0) is 11.4. The molecule has 1 atom stereocenters. The van der Waals surface area contributed by atoms with Crippen molar-refractivity contribution in [1.29, 1.82) is 0 Å². The molecule has 3 nitrogen and oxygen atoms in total. The number of nitrogens with one attached hydrogen (secondary N) is 1. The van der Waals surface area contributed by atoms with Crippen LogP contribution in [-0.4, -0.2) is 17.1 Å². The Balaban J connectivity index is 2.92. The summed E-state index contributed by atoms with van der Waals surface area (Å²) in [5, 5.41) is 12.5. The highest BCUT2D eigenvalue weighted by molar-refractivity contribution is 6.39.